The molecule has 1 unspecified atom stereocenters. The predicted octanol–water partition coefficient (Wildman–Crippen LogP) is 3.64. The van der Waals surface area contributed by atoms with Gasteiger partial charge in [0.2, 0.25) is 0 Å². The first-order chi connectivity index (χ1) is 13.0. The first-order valence-corrected chi connectivity index (χ1v) is 10.8. The highest BCUT2D eigenvalue weighted by atomic mass is 127. The molecule has 0 aliphatic rings. The summed E-state index contributed by atoms with van der Waals surface area (Å²) in [6.07, 6.45) is 3.24. The van der Waals surface area contributed by atoms with E-state index in [1.807, 2.05) is 30.3 Å². The van der Waals surface area contributed by atoms with Crippen molar-refractivity contribution >= 4 is 41.7 Å². The molecule has 8 heteroatoms. The van der Waals surface area contributed by atoms with Crippen LogP contribution in [0, 0.1) is 13.8 Å². The van der Waals surface area contributed by atoms with Gasteiger partial charge in [0.05, 0.1) is 0 Å². The lowest BCUT2D eigenvalue weighted by Crippen LogP contribution is -2.39. The highest BCUT2D eigenvalue weighted by Crippen LogP contribution is 2.15. The monoisotopic (exact) mass is 516 g/mol. The minimum Gasteiger partial charge on any atom is -0.356 e. The highest BCUT2D eigenvalue weighted by molar-refractivity contribution is 14.0. The second-order valence-corrected chi connectivity index (χ2v) is 7.84. The average Bonchev–Trinajstić information content (AvgIpc) is 2.98. The summed E-state index contributed by atoms with van der Waals surface area (Å²) in [5.41, 5.74) is 2.63. The minimum atomic E-state index is 0. The molecule has 2 rings (SSSR count). The Kier molecular flexibility index (Phi) is 11.5. The maximum atomic E-state index is 4.71. The number of benzene rings is 1. The van der Waals surface area contributed by atoms with Crippen LogP contribution in [-0.2, 0) is 13.6 Å². The number of nitrogens with zero attached hydrogens (tertiary/aromatic N) is 4. The molecule has 0 saturated carbocycles. The van der Waals surface area contributed by atoms with Gasteiger partial charge in [-0.15, -0.1) is 34.2 Å². The summed E-state index contributed by atoms with van der Waals surface area (Å²) >= 11 is 1.86. The molecular weight excluding hydrogens is 483 g/mol. The Morgan fingerprint density at radius 1 is 1.25 bits per heavy atom. The summed E-state index contributed by atoms with van der Waals surface area (Å²) < 4.78 is 1.98. The van der Waals surface area contributed by atoms with Gasteiger partial charge in [0.1, 0.15) is 12.4 Å². The summed E-state index contributed by atoms with van der Waals surface area (Å²) in [5, 5.41) is 15.2. The molecular formula is C20H33IN6S. The molecule has 0 aliphatic heterocycles. The van der Waals surface area contributed by atoms with Gasteiger partial charge in [-0.3, -0.25) is 0 Å². The van der Waals surface area contributed by atoms with Crippen LogP contribution in [0.25, 0.3) is 0 Å². The van der Waals surface area contributed by atoms with E-state index in [0.717, 1.165) is 42.9 Å². The third-order valence-corrected chi connectivity index (χ3v) is 5.26. The van der Waals surface area contributed by atoms with Crippen molar-refractivity contribution in [1.29, 1.82) is 0 Å². The SMILES string of the molecule is CSCCCNC(=NCc1nnc(C)n1C)NCC(C)c1cccc(C)c1.I. The Morgan fingerprint density at radius 3 is 2.68 bits per heavy atom. The molecule has 0 amide bonds. The van der Waals surface area contributed by atoms with E-state index in [-0.39, 0.29) is 24.0 Å². The van der Waals surface area contributed by atoms with Gasteiger partial charge in [0.25, 0.3) is 0 Å². The molecule has 0 bridgehead atoms. The van der Waals surface area contributed by atoms with Crippen molar-refractivity contribution < 1.29 is 0 Å². The molecule has 0 spiro atoms. The van der Waals surface area contributed by atoms with Gasteiger partial charge in [0.15, 0.2) is 11.8 Å². The van der Waals surface area contributed by atoms with Gasteiger partial charge in [-0.2, -0.15) is 11.8 Å². The largest absolute Gasteiger partial charge is 0.356 e. The molecule has 6 nitrogen and oxygen atoms in total. The number of halogens is 1. The predicted molar refractivity (Wildman–Crippen MR) is 131 cm³/mol. The lowest BCUT2D eigenvalue weighted by Gasteiger charge is -2.17. The molecule has 2 aromatic rings. The zero-order chi connectivity index (χ0) is 19.6. The highest BCUT2D eigenvalue weighted by Gasteiger charge is 2.08. The van der Waals surface area contributed by atoms with Crippen LogP contribution < -0.4 is 10.6 Å². The molecule has 28 heavy (non-hydrogen) atoms. The van der Waals surface area contributed by atoms with Crippen molar-refractivity contribution in [2.75, 3.05) is 25.1 Å². The molecule has 0 aliphatic carbocycles. The van der Waals surface area contributed by atoms with E-state index in [1.165, 1.54) is 11.1 Å². The molecule has 0 radical (unpaired) electrons. The Balaban J connectivity index is 0.00000392. The van der Waals surface area contributed by atoms with Crippen LogP contribution in [0.5, 0.6) is 0 Å². The molecule has 1 aromatic carbocycles. The van der Waals surface area contributed by atoms with Crippen molar-refractivity contribution in [3.05, 3.63) is 47.0 Å². The van der Waals surface area contributed by atoms with Crippen molar-refractivity contribution in [3.8, 4) is 0 Å². The van der Waals surface area contributed by atoms with E-state index in [1.54, 1.807) is 0 Å². The smallest absolute Gasteiger partial charge is 0.191 e. The van der Waals surface area contributed by atoms with E-state index in [2.05, 4.69) is 65.2 Å². The van der Waals surface area contributed by atoms with Crippen molar-refractivity contribution in [3.63, 3.8) is 0 Å². The molecule has 2 N–H and O–H groups in total. The third-order valence-electron chi connectivity index (χ3n) is 4.57. The number of hydrogen-bond acceptors (Lipinski definition) is 4. The van der Waals surface area contributed by atoms with Crippen LogP contribution in [0.3, 0.4) is 0 Å². The third kappa shape index (κ3) is 7.98. The number of aryl methyl sites for hydroxylation is 2. The number of aromatic nitrogens is 3. The zero-order valence-corrected chi connectivity index (χ0v) is 20.7. The van der Waals surface area contributed by atoms with Gasteiger partial charge in [-0.05, 0) is 43.8 Å². The van der Waals surface area contributed by atoms with E-state index >= 15 is 0 Å². The number of guanidine groups is 1. The molecule has 156 valence electrons. The fourth-order valence-electron chi connectivity index (χ4n) is 2.68. The maximum absolute atomic E-state index is 4.71. The standard InChI is InChI=1S/C20H32N6S.HI/c1-15-8-6-9-18(12-15)16(2)13-22-20(21-10-7-11-27-5)23-14-19-25-24-17(3)26(19)4;/h6,8-9,12,16H,7,10-11,13-14H2,1-5H3,(H2,21,22,23);1H. The maximum Gasteiger partial charge on any atom is 0.191 e. The van der Waals surface area contributed by atoms with Crippen molar-refractivity contribution in [2.45, 2.75) is 39.7 Å². The summed E-state index contributed by atoms with van der Waals surface area (Å²) in [6, 6.07) is 8.68. The van der Waals surface area contributed by atoms with Crippen LogP contribution in [0.2, 0.25) is 0 Å². The fourth-order valence-corrected chi connectivity index (χ4v) is 3.11. The Labute approximate surface area is 190 Å². The van der Waals surface area contributed by atoms with Gasteiger partial charge in [-0.1, -0.05) is 36.8 Å². The van der Waals surface area contributed by atoms with Gasteiger partial charge >= 0.3 is 0 Å². The van der Waals surface area contributed by atoms with Crippen LogP contribution in [-0.4, -0.2) is 45.8 Å². The number of nitrogens with one attached hydrogen (secondary N) is 2. The number of aliphatic imine (C=N–C) groups is 1. The van der Waals surface area contributed by atoms with Crippen molar-refractivity contribution in [1.82, 2.24) is 25.4 Å². The van der Waals surface area contributed by atoms with E-state index in [9.17, 15) is 0 Å². The van der Waals surface area contributed by atoms with Crippen LogP contribution in [0.4, 0.5) is 0 Å². The average molecular weight is 516 g/mol. The van der Waals surface area contributed by atoms with Gasteiger partial charge in [-0.25, -0.2) is 4.99 Å². The Bertz CT molecular complexity index is 746. The molecule has 0 saturated heterocycles. The van der Waals surface area contributed by atoms with Gasteiger partial charge in [0, 0.05) is 20.1 Å². The normalized spacial score (nSPS) is 12.4. The molecule has 0 fully saturated rings. The first kappa shape index (κ1) is 24.7. The summed E-state index contributed by atoms with van der Waals surface area (Å²) in [7, 11) is 1.97. The zero-order valence-electron chi connectivity index (χ0n) is 17.5. The topological polar surface area (TPSA) is 67.1 Å². The van der Waals surface area contributed by atoms with Gasteiger partial charge < -0.3 is 15.2 Å². The summed E-state index contributed by atoms with van der Waals surface area (Å²) in [5.74, 6) is 4.14. The molecule has 1 atom stereocenters. The lowest BCUT2D eigenvalue weighted by atomic mass is 9.99. The fraction of sp³-hybridized carbons (Fsp3) is 0.550. The lowest BCUT2D eigenvalue weighted by molar-refractivity contribution is 0.688. The van der Waals surface area contributed by atoms with Crippen LogP contribution in [0.15, 0.2) is 29.3 Å². The second-order valence-electron chi connectivity index (χ2n) is 6.86. The Morgan fingerprint density at radius 2 is 2.04 bits per heavy atom. The van der Waals surface area contributed by atoms with E-state index in [0.29, 0.717) is 12.5 Å². The summed E-state index contributed by atoms with van der Waals surface area (Å²) in [4.78, 5) is 4.71. The number of thioether (sulfide) groups is 1. The first-order valence-electron chi connectivity index (χ1n) is 9.43. The minimum absolute atomic E-state index is 0. The van der Waals surface area contributed by atoms with E-state index < -0.39 is 0 Å². The summed E-state index contributed by atoms with van der Waals surface area (Å²) in [6.45, 7) is 8.56. The number of hydrogen-bond donors (Lipinski definition) is 2. The van der Waals surface area contributed by atoms with E-state index in [4.69, 9.17) is 4.99 Å². The number of rotatable bonds is 9. The molecule has 1 heterocycles. The van der Waals surface area contributed by atoms with Crippen molar-refractivity contribution in [2.24, 2.45) is 12.0 Å². The second kappa shape index (κ2) is 13.0. The molecule has 1 aromatic heterocycles. The van der Waals surface area contributed by atoms with Crippen LogP contribution in [0.1, 0.15) is 42.0 Å². The quantitative estimate of drug-likeness (QED) is 0.231. The van der Waals surface area contributed by atoms with Crippen LogP contribution >= 0.6 is 35.7 Å². The Hall–Kier alpha value is -1.29.